The Morgan fingerprint density at radius 3 is 2.76 bits per heavy atom. The van der Waals surface area contributed by atoms with Crippen molar-refractivity contribution in [2.24, 2.45) is 12.0 Å². The molecule has 0 saturated heterocycles. The highest BCUT2D eigenvalue weighted by Crippen LogP contribution is 2.36. The number of hydrogen-bond acceptors (Lipinski definition) is 5. The van der Waals surface area contributed by atoms with Crippen molar-refractivity contribution < 1.29 is 10.2 Å². The molecule has 0 unspecified atom stereocenters. The zero-order chi connectivity index (χ0) is 14.8. The van der Waals surface area contributed by atoms with Crippen molar-refractivity contribution in [3.05, 3.63) is 23.0 Å². The summed E-state index contributed by atoms with van der Waals surface area (Å²) in [7, 11) is 1.86. The minimum atomic E-state index is -0.129. The summed E-state index contributed by atoms with van der Waals surface area (Å²) in [6.45, 7) is 0. The molecule has 1 fully saturated rings. The maximum atomic E-state index is 9.95. The van der Waals surface area contributed by atoms with Crippen molar-refractivity contribution in [2.45, 2.75) is 38.1 Å². The van der Waals surface area contributed by atoms with Crippen LogP contribution in [-0.4, -0.2) is 26.0 Å². The monoisotopic (exact) mass is 305 g/mol. The van der Waals surface area contributed by atoms with Crippen LogP contribution in [0.4, 0.5) is 0 Å². The number of phenolic OH excluding ortho intramolecular Hbond substituents is 2. The molecule has 6 heteroatoms. The number of benzene rings is 1. The maximum absolute atomic E-state index is 9.95. The quantitative estimate of drug-likeness (QED) is 0.838. The average Bonchev–Trinajstić information content (AvgIpc) is 2.84. The number of hydrogen-bond donors (Lipinski definition) is 2. The number of phenols is 2. The van der Waals surface area contributed by atoms with Crippen LogP contribution in [-0.2, 0) is 7.05 Å². The Morgan fingerprint density at radius 1 is 1.24 bits per heavy atom. The van der Waals surface area contributed by atoms with Crippen molar-refractivity contribution in [1.82, 2.24) is 9.78 Å². The van der Waals surface area contributed by atoms with Gasteiger partial charge in [-0.15, -0.1) is 0 Å². The lowest BCUT2D eigenvalue weighted by Crippen LogP contribution is -2.18. The molecule has 0 aliphatic heterocycles. The van der Waals surface area contributed by atoms with Gasteiger partial charge in [0, 0.05) is 7.05 Å². The zero-order valence-electron chi connectivity index (χ0n) is 12.0. The van der Waals surface area contributed by atoms with Crippen molar-refractivity contribution in [3.63, 3.8) is 0 Å². The van der Waals surface area contributed by atoms with Gasteiger partial charge < -0.3 is 10.2 Å². The van der Waals surface area contributed by atoms with Crippen LogP contribution in [0.2, 0.25) is 0 Å². The molecular formula is C15H19N3O2S. The lowest BCUT2D eigenvalue weighted by atomic mass is 9.96. The minimum absolute atomic E-state index is 0.129. The third-order valence-corrected chi connectivity index (χ3v) is 4.87. The standard InChI is InChI=1S/C15H19N3O2S/c1-18-15(16-10-6-3-2-4-7-10)21-14(17-18)11-8-5-9-12(19)13(11)20/h5,8-10,19-20H,2-4,6-7H2,1H3. The van der Waals surface area contributed by atoms with E-state index in [0.717, 1.165) is 17.6 Å². The van der Waals surface area contributed by atoms with E-state index in [1.54, 1.807) is 16.8 Å². The summed E-state index contributed by atoms with van der Waals surface area (Å²) in [5, 5.41) is 24.6. The lowest BCUT2D eigenvalue weighted by Gasteiger charge is -2.16. The van der Waals surface area contributed by atoms with Crippen molar-refractivity contribution >= 4 is 11.3 Å². The lowest BCUT2D eigenvalue weighted by molar-refractivity contribution is 0.405. The van der Waals surface area contributed by atoms with Crippen LogP contribution in [0.3, 0.4) is 0 Å². The van der Waals surface area contributed by atoms with Crippen LogP contribution in [0.5, 0.6) is 11.5 Å². The number of aromatic nitrogens is 2. The Labute approximate surface area is 127 Å². The van der Waals surface area contributed by atoms with Crippen LogP contribution in [0, 0.1) is 0 Å². The molecule has 0 amide bonds. The fourth-order valence-corrected chi connectivity index (χ4v) is 3.63. The van der Waals surface area contributed by atoms with Gasteiger partial charge in [-0.3, -0.25) is 4.99 Å². The van der Waals surface area contributed by atoms with Crippen LogP contribution in [0.1, 0.15) is 32.1 Å². The van der Waals surface area contributed by atoms with Gasteiger partial charge in [0.15, 0.2) is 16.5 Å². The first kappa shape index (κ1) is 14.1. The van der Waals surface area contributed by atoms with E-state index in [4.69, 9.17) is 4.99 Å². The van der Waals surface area contributed by atoms with E-state index in [1.165, 1.54) is 36.7 Å². The van der Waals surface area contributed by atoms with Gasteiger partial charge >= 0.3 is 0 Å². The second kappa shape index (κ2) is 5.89. The highest BCUT2D eigenvalue weighted by molar-refractivity contribution is 7.12. The van der Waals surface area contributed by atoms with E-state index in [0.29, 0.717) is 16.6 Å². The molecule has 1 aliphatic rings. The average molecular weight is 305 g/mol. The SMILES string of the molecule is Cn1nc(-c2cccc(O)c2O)sc1=NC1CCCCC1. The first-order valence-corrected chi connectivity index (χ1v) is 8.06. The predicted octanol–water partition coefficient (Wildman–Crippen LogP) is 2.79. The predicted molar refractivity (Wildman–Crippen MR) is 82.3 cm³/mol. The van der Waals surface area contributed by atoms with Gasteiger partial charge in [0.2, 0.25) is 4.80 Å². The van der Waals surface area contributed by atoms with Crippen LogP contribution >= 0.6 is 11.3 Å². The van der Waals surface area contributed by atoms with Gasteiger partial charge in [0.25, 0.3) is 0 Å². The molecule has 2 aromatic rings. The Kier molecular flexibility index (Phi) is 3.96. The first-order chi connectivity index (χ1) is 10.1. The summed E-state index contributed by atoms with van der Waals surface area (Å²) in [5.74, 6) is -0.257. The van der Waals surface area contributed by atoms with E-state index in [2.05, 4.69) is 5.10 Å². The Morgan fingerprint density at radius 2 is 2.00 bits per heavy atom. The molecule has 0 bridgehead atoms. The molecule has 2 N–H and O–H groups in total. The molecule has 0 radical (unpaired) electrons. The van der Waals surface area contributed by atoms with E-state index >= 15 is 0 Å². The molecule has 1 aliphatic carbocycles. The summed E-state index contributed by atoms with van der Waals surface area (Å²) in [6.07, 6.45) is 6.09. The van der Waals surface area contributed by atoms with E-state index in [1.807, 2.05) is 7.05 Å². The molecule has 1 heterocycles. The van der Waals surface area contributed by atoms with Gasteiger partial charge in [-0.2, -0.15) is 5.10 Å². The normalized spacial score (nSPS) is 17.3. The molecule has 1 aromatic heterocycles. The van der Waals surface area contributed by atoms with Crippen molar-refractivity contribution in [1.29, 1.82) is 0 Å². The molecule has 1 saturated carbocycles. The minimum Gasteiger partial charge on any atom is -0.504 e. The van der Waals surface area contributed by atoms with Gasteiger partial charge in [0.1, 0.15) is 0 Å². The topological polar surface area (TPSA) is 70.6 Å². The Balaban J connectivity index is 1.97. The second-order valence-electron chi connectivity index (χ2n) is 5.41. The number of rotatable bonds is 2. The Bertz CT molecular complexity index is 699. The fraction of sp³-hybridized carbons (Fsp3) is 0.467. The van der Waals surface area contributed by atoms with Crippen molar-refractivity contribution in [2.75, 3.05) is 0 Å². The van der Waals surface area contributed by atoms with Crippen LogP contribution < -0.4 is 4.80 Å². The number of aromatic hydroxyl groups is 2. The second-order valence-corrected chi connectivity index (χ2v) is 6.36. The number of aryl methyl sites for hydroxylation is 1. The molecule has 3 rings (SSSR count). The largest absolute Gasteiger partial charge is 0.504 e. The summed E-state index contributed by atoms with van der Waals surface area (Å²) < 4.78 is 1.75. The smallest absolute Gasteiger partial charge is 0.203 e. The molecule has 0 spiro atoms. The maximum Gasteiger partial charge on any atom is 0.203 e. The summed E-state index contributed by atoms with van der Waals surface area (Å²) in [6, 6.07) is 5.29. The van der Waals surface area contributed by atoms with Crippen LogP contribution in [0.25, 0.3) is 10.6 Å². The zero-order valence-corrected chi connectivity index (χ0v) is 12.8. The van der Waals surface area contributed by atoms with Gasteiger partial charge in [0.05, 0.1) is 11.6 Å². The molecule has 112 valence electrons. The summed E-state index contributed by atoms with van der Waals surface area (Å²) in [5.41, 5.74) is 0.542. The highest BCUT2D eigenvalue weighted by atomic mass is 32.1. The third kappa shape index (κ3) is 2.95. The highest BCUT2D eigenvalue weighted by Gasteiger charge is 2.15. The fourth-order valence-electron chi connectivity index (χ4n) is 2.64. The van der Waals surface area contributed by atoms with Gasteiger partial charge in [-0.25, -0.2) is 4.68 Å². The Hall–Kier alpha value is -1.82. The van der Waals surface area contributed by atoms with Gasteiger partial charge in [-0.1, -0.05) is 36.7 Å². The third-order valence-electron chi connectivity index (χ3n) is 3.82. The number of nitrogens with zero attached hydrogens (tertiary/aromatic N) is 3. The van der Waals surface area contributed by atoms with E-state index in [-0.39, 0.29) is 11.5 Å². The van der Waals surface area contributed by atoms with E-state index < -0.39 is 0 Å². The molecule has 0 atom stereocenters. The van der Waals surface area contributed by atoms with E-state index in [9.17, 15) is 10.2 Å². The summed E-state index contributed by atoms with van der Waals surface area (Å²) in [4.78, 5) is 5.65. The summed E-state index contributed by atoms with van der Waals surface area (Å²) >= 11 is 1.44. The molecule has 1 aromatic carbocycles. The van der Waals surface area contributed by atoms with Crippen LogP contribution in [0.15, 0.2) is 23.2 Å². The molecular weight excluding hydrogens is 286 g/mol. The van der Waals surface area contributed by atoms with Crippen molar-refractivity contribution in [3.8, 4) is 22.1 Å². The molecule has 21 heavy (non-hydrogen) atoms. The molecule has 5 nitrogen and oxygen atoms in total. The first-order valence-electron chi connectivity index (χ1n) is 7.24. The number of para-hydroxylation sites is 1. The van der Waals surface area contributed by atoms with Gasteiger partial charge in [-0.05, 0) is 25.0 Å².